The predicted molar refractivity (Wildman–Crippen MR) is 57.1 cm³/mol. The van der Waals surface area contributed by atoms with Crippen LogP contribution in [0.3, 0.4) is 0 Å². The molecule has 0 saturated heterocycles. The minimum Gasteiger partial charge on any atom is -0.192 e. The Hall–Kier alpha value is -1.07. The number of nitrogens with zero attached hydrogens (tertiary/aromatic N) is 1. The number of halogens is 1. The zero-order valence-corrected chi connectivity index (χ0v) is 8.93. The maximum Gasteiger partial charge on any atom is 0.100 e. The van der Waals surface area contributed by atoms with E-state index >= 15 is 0 Å². The highest BCUT2D eigenvalue weighted by molar-refractivity contribution is 9.10. The van der Waals surface area contributed by atoms with Crippen molar-refractivity contribution in [1.82, 2.24) is 0 Å². The van der Waals surface area contributed by atoms with Gasteiger partial charge < -0.3 is 0 Å². The summed E-state index contributed by atoms with van der Waals surface area (Å²) in [6, 6.07) is 7.80. The smallest absolute Gasteiger partial charge is 0.100 e. The Morgan fingerprint density at radius 2 is 2.31 bits per heavy atom. The van der Waals surface area contributed by atoms with Gasteiger partial charge in [0.15, 0.2) is 0 Å². The highest BCUT2D eigenvalue weighted by Gasteiger charge is 2.04. The van der Waals surface area contributed by atoms with Crippen molar-refractivity contribution < 1.29 is 0 Å². The molecule has 1 aromatic carbocycles. The summed E-state index contributed by atoms with van der Waals surface area (Å²) < 4.78 is 0.829. The lowest BCUT2D eigenvalue weighted by atomic mass is 10.00. The minimum atomic E-state index is 0.652. The fourth-order valence-electron chi connectivity index (χ4n) is 0.974. The summed E-state index contributed by atoms with van der Waals surface area (Å²) in [6.07, 6.45) is 1.78. The molecule has 0 bridgehead atoms. The van der Waals surface area contributed by atoms with E-state index in [1.165, 1.54) is 0 Å². The fourth-order valence-corrected chi connectivity index (χ4v) is 1.31. The second-order valence-corrected chi connectivity index (χ2v) is 3.55. The van der Waals surface area contributed by atoms with Gasteiger partial charge in [-0.05, 0) is 33.6 Å². The summed E-state index contributed by atoms with van der Waals surface area (Å²) >= 11 is 3.30. The third-order valence-corrected chi connectivity index (χ3v) is 2.54. The quantitative estimate of drug-likeness (QED) is 0.770. The van der Waals surface area contributed by atoms with Crippen molar-refractivity contribution >= 4 is 15.9 Å². The average Bonchev–Trinajstić information content (AvgIpc) is 2.17. The summed E-state index contributed by atoms with van der Waals surface area (Å²) in [7, 11) is 0. The van der Waals surface area contributed by atoms with E-state index in [1.807, 2.05) is 25.1 Å². The van der Waals surface area contributed by atoms with Gasteiger partial charge in [-0.3, -0.25) is 0 Å². The molecule has 1 radical (unpaired) electrons. The second kappa shape index (κ2) is 4.25. The standard InChI is InChI=1S/C11H9BrN/c1-3-8(2)9-4-5-11(12)10(6-9)7-13/h3-6H,1H2,2H3. The van der Waals surface area contributed by atoms with Crippen molar-refractivity contribution in [2.45, 2.75) is 6.92 Å². The first kappa shape index (κ1) is 10.0. The van der Waals surface area contributed by atoms with Gasteiger partial charge in [0.2, 0.25) is 0 Å². The molecule has 1 rings (SSSR count). The lowest BCUT2D eigenvalue weighted by Gasteiger charge is -2.05. The van der Waals surface area contributed by atoms with E-state index in [-0.39, 0.29) is 0 Å². The molecule has 1 aromatic rings. The Balaban J connectivity index is 3.15. The van der Waals surface area contributed by atoms with E-state index in [1.54, 1.807) is 6.08 Å². The molecule has 0 fully saturated rings. The van der Waals surface area contributed by atoms with Gasteiger partial charge >= 0.3 is 0 Å². The maximum absolute atomic E-state index is 8.78. The molecule has 65 valence electrons. The van der Waals surface area contributed by atoms with E-state index in [2.05, 4.69) is 28.6 Å². The van der Waals surface area contributed by atoms with Crippen molar-refractivity contribution in [3.63, 3.8) is 0 Å². The molecule has 0 saturated carbocycles. The second-order valence-electron chi connectivity index (χ2n) is 2.69. The van der Waals surface area contributed by atoms with Gasteiger partial charge in [-0.2, -0.15) is 5.26 Å². The molecule has 0 aliphatic carbocycles. The molecule has 0 aliphatic heterocycles. The molecule has 0 atom stereocenters. The molecule has 0 aliphatic rings. The SMILES string of the molecule is C=C[C](C)c1ccc(Br)c(C#N)c1. The topological polar surface area (TPSA) is 23.8 Å². The van der Waals surface area contributed by atoms with Crippen molar-refractivity contribution in [1.29, 1.82) is 5.26 Å². The molecule has 0 unspecified atom stereocenters. The maximum atomic E-state index is 8.78. The number of rotatable bonds is 2. The van der Waals surface area contributed by atoms with Crippen LogP contribution in [0.15, 0.2) is 35.3 Å². The zero-order valence-electron chi connectivity index (χ0n) is 7.34. The van der Waals surface area contributed by atoms with Crippen LogP contribution in [0.25, 0.3) is 0 Å². The van der Waals surface area contributed by atoms with Gasteiger partial charge in [0, 0.05) is 10.4 Å². The van der Waals surface area contributed by atoms with Crippen LogP contribution in [0.2, 0.25) is 0 Å². The van der Waals surface area contributed by atoms with Crippen molar-refractivity contribution in [2.24, 2.45) is 0 Å². The van der Waals surface area contributed by atoms with Gasteiger partial charge in [-0.25, -0.2) is 0 Å². The molecule has 2 heteroatoms. The summed E-state index contributed by atoms with van der Waals surface area (Å²) in [5.74, 6) is 1.07. The molecule has 1 nitrogen and oxygen atoms in total. The van der Waals surface area contributed by atoms with E-state index in [4.69, 9.17) is 5.26 Å². The highest BCUT2D eigenvalue weighted by Crippen LogP contribution is 2.22. The summed E-state index contributed by atoms with van der Waals surface area (Å²) in [5, 5.41) is 8.78. The van der Waals surface area contributed by atoms with Crippen LogP contribution in [0.4, 0.5) is 0 Å². The predicted octanol–water partition coefficient (Wildman–Crippen LogP) is 3.45. The van der Waals surface area contributed by atoms with Crippen LogP contribution in [0.1, 0.15) is 18.1 Å². The van der Waals surface area contributed by atoms with Gasteiger partial charge in [-0.15, -0.1) is 6.58 Å². The van der Waals surface area contributed by atoms with Crippen LogP contribution in [0.5, 0.6) is 0 Å². The van der Waals surface area contributed by atoms with Crippen LogP contribution in [-0.4, -0.2) is 0 Å². The Bertz CT molecular complexity index is 363. The molecule has 0 N–H and O–H groups in total. The third kappa shape index (κ3) is 2.19. The molecular weight excluding hydrogens is 226 g/mol. The normalized spacial score (nSPS) is 9.69. The first-order chi connectivity index (χ1) is 6.19. The Kier molecular flexibility index (Phi) is 3.27. The summed E-state index contributed by atoms with van der Waals surface area (Å²) in [6.45, 7) is 5.65. The molecule has 13 heavy (non-hydrogen) atoms. The third-order valence-electron chi connectivity index (χ3n) is 1.85. The van der Waals surface area contributed by atoms with Crippen molar-refractivity contribution in [2.75, 3.05) is 0 Å². The Morgan fingerprint density at radius 3 is 2.85 bits per heavy atom. The van der Waals surface area contributed by atoms with Gasteiger partial charge in [0.1, 0.15) is 6.07 Å². The summed E-state index contributed by atoms with van der Waals surface area (Å²) in [5.41, 5.74) is 1.69. The molecule has 0 spiro atoms. The van der Waals surface area contributed by atoms with Crippen LogP contribution >= 0.6 is 15.9 Å². The van der Waals surface area contributed by atoms with Gasteiger partial charge in [0.25, 0.3) is 0 Å². The Morgan fingerprint density at radius 1 is 1.62 bits per heavy atom. The number of benzene rings is 1. The molecule has 0 amide bonds. The largest absolute Gasteiger partial charge is 0.192 e. The molecule has 0 heterocycles. The average molecular weight is 235 g/mol. The summed E-state index contributed by atoms with van der Waals surface area (Å²) in [4.78, 5) is 0. The number of allylic oxidation sites excluding steroid dienone is 1. The van der Waals surface area contributed by atoms with Gasteiger partial charge in [0.05, 0.1) is 5.56 Å². The first-order valence-corrected chi connectivity index (χ1v) is 4.64. The van der Waals surface area contributed by atoms with Gasteiger partial charge in [-0.1, -0.05) is 19.1 Å². The highest BCUT2D eigenvalue weighted by atomic mass is 79.9. The van der Waals surface area contributed by atoms with Crippen LogP contribution < -0.4 is 0 Å². The monoisotopic (exact) mass is 234 g/mol. The van der Waals surface area contributed by atoms with Crippen LogP contribution in [0, 0.1) is 17.2 Å². The van der Waals surface area contributed by atoms with Crippen molar-refractivity contribution in [3.8, 4) is 6.07 Å². The molecular formula is C11H9BrN. The van der Waals surface area contributed by atoms with E-state index < -0.39 is 0 Å². The Labute approximate surface area is 86.8 Å². The van der Waals surface area contributed by atoms with E-state index in [0.717, 1.165) is 16.0 Å². The zero-order chi connectivity index (χ0) is 9.84. The van der Waals surface area contributed by atoms with Crippen LogP contribution in [-0.2, 0) is 0 Å². The minimum absolute atomic E-state index is 0.652. The van der Waals surface area contributed by atoms with E-state index in [9.17, 15) is 0 Å². The van der Waals surface area contributed by atoms with E-state index in [0.29, 0.717) is 5.56 Å². The fraction of sp³-hybridized carbons (Fsp3) is 0.0909. The molecule has 0 aromatic heterocycles. The number of nitriles is 1. The lowest BCUT2D eigenvalue weighted by molar-refractivity contribution is 1.25. The first-order valence-electron chi connectivity index (χ1n) is 3.85. The lowest BCUT2D eigenvalue weighted by Crippen LogP contribution is -1.90. The van der Waals surface area contributed by atoms with Crippen molar-refractivity contribution in [3.05, 3.63) is 52.4 Å². The number of hydrogen-bond donors (Lipinski definition) is 0. The number of hydrogen-bond acceptors (Lipinski definition) is 1.